The van der Waals surface area contributed by atoms with Crippen LogP contribution in [0.3, 0.4) is 0 Å². The van der Waals surface area contributed by atoms with Crippen LogP contribution in [-0.2, 0) is 17.6 Å². The summed E-state index contributed by atoms with van der Waals surface area (Å²) in [7, 11) is 0. The molecular formula is C20H20N4O3S2. The second-order valence-electron chi connectivity index (χ2n) is 6.68. The zero-order chi connectivity index (χ0) is 20.4. The smallest absolute Gasteiger partial charge is 0.261 e. The molecule has 0 fully saturated rings. The van der Waals surface area contributed by atoms with E-state index in [1.807, 2.05) is 25.3 Å². The monoisotopic (exact) mass is 428 g/mol. The highest BCUT2D eigenvalue weighted by Crippen LogP contribution is 2.50. The Balaban J connectivity index is 1.66. The van der Waals surface area contributed by atoms with Gasteiger partial charge in [0.25, 0.3) is 5.91 Å². The molecule has 0 unspecified atom stereocenters. The minimum atomic E-state index is -0.151. The van der Waals surface area contributed by atoms with Crippen molar-refractivity contribution in [1.82, 2.24) is 20.0 Å². The molecule has 3 heterocycles. The first-order valence-electron chi connectivity index (χ1n) is 9.26. The molecule has 0 bridgehead atoms. The third-order valence-electron chi connectivity index (χ3n) is 4.64. The summed E-state index contributed by atoms with van der Waals surface area (Å²) in [6, 6.07) is 3.70. The molecule has 2 N–H and O–H groups in total. The van der Waals surface area contributed by atoms with Crippen molar-refractivity contribution < 1.29 is 14.3 Å². The van der Waals surface area contributed by atoms with Gasteiger partial charge in [0.15, 0.2) is 5.06 Å². The van der Waals surface area contributed by atoms with Gasteiger partial charge in [-0.25, -0.2) is 4.37 Å². The summed E-state index contributed by atoms with van der Waals surface area (Å²) >= 11 is 2.78. The SMILES string of the molecule is CC(=O)NCCNC(=O)c1sc(Oc2cccnc2C)c2c1CCc1cnsc1-2. The van der Waals surface area contributed by atoms with E-state index in [-0.39, 0.29) is 11.8 Å². The van der Waals surface area contributed by atoms with Gasteiger partial charge in [0.05, 0.1) is 21.0 Å². The highest BCUT2D eigenvalue weighted by molar-refractivity contribution is 7.17. The average Bonchev–Trinajstić information content (AvgIpc) is 3.31. The fourth-order valence-electron chi connectivity index (χ4n) is 3.24. The predicted octanol–water partition coefficient (Wildman–Crippen LogP) is 3.33. The summed E-state index contributed by atoms with van der Waals surface area (Å²) < 4.78 is 10.6. The Bertz CT molecular complexity index is 1070. The number of fused-ring (bicyclic) bond motifs is 3. The van der Waals surface area contributed by atoms with Gasteiger partial charge in [-0.15, -0.1) is 0 Å². The predicted molar refractivity (Wildman–Crippen MR) is 113 cm³/mol. The van der Waals surface area contributed by atoms with Crippen LogP contribution in [0.1, 0.15) is 33.4 Å². The lowest BCUT2D eigenvalue weighted by Crippen LogP contribution is -2.33. The Morgan fingerprint density at radius 3 is 2.86 bits per heavy atom. The number of carbonyl (C=O) groups excluding carboxylic acids is 2. The van der Waals surface area contributed by atoms with Crippen molar-refractivity contribution in [2.75, 3.05) is 13.1 Å². The molecule has 1 aliphatic rings. The Labute approximate surface area is 176 Å². The number of hydrogen-bond donors (Lipinski definition) is 2. The van der Waals surface area contributed by atoms with Crippen LogP contribution in [-0.4, -0.2) is 34.3 Å². The fraction of sp³-hybridized carbons (Fsp3) is 0.300. The fourth-order valence-corrected chi connectivity index (χ4v) is 5.31. The molecule has 150 valence electrons. The van der Waals surface area contributed by atoms with Crippen LogP contribution in [0, 0.1) is 6.92 Å². The lowest BCUT2D eigenvalue weighted by Gasteiger charge is -2.14. The van der Waals surface area contributed by atoms with Crippen LogP contribution in [0.15, 0.2) is 24.5 Å². The molecular weight excluding hydrogens is 408 g/mol. The molecule has 0 atom stereocenters. The molecule has 1 aliphatic carbocycles. The molecule has 3 aromatic rings. The van der Waals surface area contributed by atoms with Crippen molar-refractivity contribution in [3.05, 3.63) is 46.2 Å². The lowest BCUT2D eigenvalue weighted by atomic mass is 9.93. The summed E-state index contributed by atoms with van der Waals surface area (Å²) in [5.74, 6) is 0.404. The molecule has 0 saturated carbocycles. The van der Waals surface area contributed by atoms with E-state index >= 15 is 0 Å². The maximum atomic E-state index is 12.9. The number of ether oxygens (including phenoxy) is 1. The minimum absolute atomic E-state index is 0.118. The quantitative estimate of drug-likeness (QED) is 0.588. The Kier molecular flexibility index (Phi) is 5.59. The Morgan fingerprint density at radius 1 is 1.24 bits per heavy atom. The highest BCUT2D eigenvalue weighted by Gasteiger charge is 2.30. The van der Waals surface area contributed by atoms with Crippen molar-refractivity contribution in [3.8, 4) is 21.3 Å². The Morgan fingerprint density at radius 2 is 2.07 bits per heavy atom. The number of thiophene rings is 1. The molecule has 0 aliphatic heterocycles. The summed E-state index contributed by atoms with van der Waals surface area (Å²) in [6.07, 6.45) is 5.24. The standard InChI is InChI=1S/C20H20N4O3S2/c1-11-15(4-3-7-21-11)27-20-16-14(6-5-13-10-24-29-17(13)16)18(28-20)19(26)23-9-8-22-12(2)25/h3-4,7,10H,5-6,8-9H2,1-2H3,(H,22,25)(H,23,26). The van der Waals surface area contributed by atoms with Gasteiger partial charge in [-0.05, 0) is 54.6 Å². The maximum absolute atomic E-state index is 12.9. The van der Waals surface area contributed by atoms with Gasteiger partial charge in [0, 0.05) is 32.4 Å². The molecule has 0 radical (unpaired) electrons. The maximum Gasteiger partial charge on any atom is 0.261 e. The summed E-state index contributed by atoms with van der Waals surface area (Å²) in [5.41, 5.74) is 3.94. The number of rotatable bonds is 6. The molecule has 0 aromatic carbocycles. The number of pyridine rings is 1. The number of aryl methyl sites for hydroxylation is 2. The van der Waals surface area contributed by atoms with Gasteiger partial charge in [0.1, 0.15) is 5.75 Å². The second-order valence-corrected chi connectivity index (χ2v) is 8.47. The van der Waals surface area contributed by atoms with E-state index in [0.717, 1.165) is 34.5 Å². The third kappa shape index (κ3) is 4.01. The van der Waals surface area contributed by atoms with Gasteiger partial charge in [-0.3, -0.25) is 14.6 Å². The van der Waals surface area contributed by atoms with E-state index in [1.54, 1.807) is 6.20 Å². The van der Waals surface area contributed by atoms with Gasteiger partial charge >= 0.3 is 0 Å². The van der Waals surface area contributed by atoms with Crippen LogP contribution < -0.4 is 15.4 Å². The zero-order valence-electron chi connectivity index (χ0n) is 16.1. The largest absolute Gasteiger partial charge is 0.444 e. The van der Waals surface area contributed by atoms with Crippen LogP contribution >= 0.6 is 22.9 Å². The normalized spacial score (nSPS) is 12.1. The van der Waals surface area contributed by atoms with Crippen molar-refractivity contribution in [2.24, 2.45) is 0 Å². The third-order valence-corrected chi connectivity index (χ3v) is 6.61. The van der Waals surface area contributed by atoms with E-state index in [2.05, 4.69) is 20.0 Å². The molecule has 7 nitrogen and oxygen atoms in total. The number of nitrogens with zero attached hydrogens (tertiary/aromatic N) is 2. The number of carbonyl (C=O) groups is 2. The topological polar surface area (TPSA) is 93.2 Å². The molecule has 2 amide bonds. The number of aromatic nitrogens is 2. The average molecular weight is 429 g/mol. The summed E-state index contributed by atoms with van der Waals surface area (Å²) in [5, 5.41) is 6.26. The highest BCUT2D eigenvalue weighted by atomic mass is 32.1. The molecule has 9 heteroatoms. The van der Waals surface area contributed by atoms with E-state index in [4.69, 9.17) is 4.74 Å². The minimum Gasteiger partial charge on any atom is -0.444 e. The zero-order valence-corrected chi connectivity index (χ0v) is 17.7. The van der Waals surface area contributed by atoms with Crippen LogP contribution in [0.2, 0.25) is 0 Å². The van der Waals surface area contributed by atoms with Gasteiger partial charge in [-0.2, -0.15) is 0 Å². The van der Waals surface area contributed by atoms with E-state index in [1.165, 1.54) is 35.4 Å². The molecule has 0 saturated heterocycles. The van der Waals surface area contributed by atoms with E-state index in [9.17, 15) is 9.59 Å². The van der Waals surface area contributed by atoms with Crippen molar-refractivity contribution in [2.45, 2.75) is 26.7 Å². The van der Waals surface area contributed by atoms with Crippen molar-refractivity contribution >= 4 is 34.7 Å². The first-order chi connectivity index (χ1) is 14.0. The van der Waals surface area contributed by atoms with Crippen molar-refractivity contribution in [1.29, 1.82) is 0 Å². The molecule has 29 heavy (non-hydrogen) atoms. The molecule has 0 spiro atoms. The van der Waals surface area contributed by atoms with Crippen LogP contribution in [0.4, 0.5) is 0 Å². The van der Waals surface area contributed by atoms with E-state index < -0.39 is 0 Å². The van der Waals surface area contributed by atoms with Crippen molar-refractivity contribution in [3.63, 3.8) is 0 Å². The second kappa shape index (κ2) is 8.30. The van der Waals surface area contributed by atoms with E-state index in [0.29, 0.717) is 28.8 Å². The van der Waals surface area contributed by atoms with Crippen LogP contribution in [0.5, 0.6) is 10.8 Å². The molecule has 3 aromatic heterocycles. The van der Waals surface area contributed by atoms with Gasteiger partial charge in [0.2, 0.25) is 5.91 Å². The number of nitrogens with one attached hydrogen (secondary N) is 2. The van der Waals surface area contributed by atoms with Gasteiger partial charge < -0.3 is 15.4 Å². The number of amides is 2. The van der Waals surface area contributed by atoms with Crippen LogP contribution in [0.25, 0.3) is 10.4 Å². The Hall–Kier alpha value is -2.78. The van der Waals surface area contributed by atoms with Gasteiger partial charge in [-0.1, -0.05) is 11.3 Å². The lowest BCUT2D eigenvalue weighted by molar-refractivity contribution is -0.118. The first kappa shape index (κ1) is 19.5. The summed E-state index contributed by atoms with van der Waals surface area (Å²) in [4.78, 5) is 29.8. The number of hydrogen-bond acceptors (Lipinski definition) is 7. The summed E-state index contributed by atoms with van der Waals surface area (Å²) in [6.45, 7) is 4.11. The first-order valence-corrected chi connectivity index (χ1v) is 10.8. The molecule has 4 rings (SSSR count).